The molecule has 0 bridgehead atoms. The van der Waals surface area contributed by atoms with Crippen molar-refractivity contribution in [2.75, 3.05) is 7.11 Å². The molecule has 94 valence electrons. The minimum atomic E-state index is -0.608. The van der Waals surface area contributed by atoms with E-state index in [1.807, 2.05) is 0 Å². The number of rotatable bonds is 1. The molecular formula is C13H12O5. The number of carbonyl (C=O) groups is 2. The number of phenolic OH excluding ortho intramolecular Hbond substituents is 2. The van der Waals surface area contributed by atoms with Crippen molar-refractivity contribution in [1.82, 2.24) is 0 Å². The van der Waals surface area contributed by atoms with Gasteiger partial charge in [-0.15, -0.1) is 0 Å². The third-order valence-electron chi connectivity index (χ3n) is 3.18. The van der Waals surface area contributed by atoms with E-state index in [4.69, 9.17) is 4.74 Å². The fourth-order valence-electron chi connectivity index (χ4n) is 1.96. The lowest BCUT2D eigenvalue weighted by Gasteiger charge is -2.19. The van der Waals surface area contributed by atoms with Crippen molar-refractivity contribution in [2.24, 2.45) is 0 Å². The van der Waals surface area contributed by atoms with Gasteiger partial charge in [-0.25, -0.2) is 0 Å². The van der Waals surface area contributed by atoms with E-state index in [1.54, 1.807) is 13.8 Å². The molecule has 0 spiro atoms. The monoisotopic (exact) mass is 248 g/mol. The van der Waals surface area contributed by atoms with Crippen LogP contribution in [0.15, 0.2) is 11.8 Å². The van der Waals surface area contributed by atoms with E-state index in [2.05, 4.69) is 0 Å². The summed E-state index contributed by atoms with van der Waals surface area (Å²) in [6, 6.07) is 0. The van der Waals surface area contributed by atoms with E-state index >= 15 is 0 Å². The lowest BCUT2D eigenvalue weighted by Crippen LogP contribution is -2.19. The number of hydrogen-bond donors (Lipinski definition) is 2. The van der Waals surface area contributed by atoms with Gasteiger partial charge in [-0.3, -0.25) is 9.59 Å². The summed E-state index contributed by atoms with van der Waals surface area (Å²) < 4.78 is 4.79. The standard InChI is InChI=1S/C13H12O5/c1-5-6(2)12(16)10-9(11(5)15)7(14)4-8(18-3)13(10)17/h4,15-16H,1-3H3. The van der Waals surface area contributed by atoms with E-state index in [0.717, 1.165) is 6.08 Å². The molecule has 0 amide bonds. The number of phenols is 2. The molecule has 0 saturated carbocycles. The first-order valence-electron chi connectivity index (χ1n) is 5.30. The van der Waals surface area contributed by atoms with Gasteiger partial charge in [0.15, 0.2) is 11.5 Å². The number of ether oxygens (including phenoxy) is 1. The van der Waals surface area contributed by atoms with Crippen molar-refractivity contribution in [3.63, 3.8) is 0 Å². The van der Waals surface area contributed by atoms with Gasteiger partial charge in [-0.1, -0.05) is 0 Å². The van der Waals surface area contributed by atoms with Crippen molar-refractivity contribution in [3.8, 4) is 11.5 Å². The number of allylic oxidation sites excluding steroid dienone is 2. The first-order chi connectivity index (χ1) is 8.40. The number of aromatic hydroxyl groups is 2. The first-order valence-corrected chi connectivity index (χ1v) is 5.30. The third kappa shape index (κ3) is 1.40. The SMILES string of the molecule is COC1=CC(=O)c2c(O)c(C)c(C)c(O)c2C1=O. The Kier molecular flexibility index (Phi) is 2.62. The van der Waals surface area contributed by atoms with E-state index in [0.29, 0.717) is 11.1 Å². The molecule has 0 unspecified atom stereocenters. The second kappa shape index (κ2) is 3.87. The van der Waals surface area contributed by atoms with Crippen molar-refractivity contribution in [3.05, 3.63) is 34.1 Å². The maximum Gasteiger partial charge on any atom is 0.232 e. The van der Waals surface area contributed by atoms with Crippen LogP contribution in [0.3, 0.4) is 0 Å². The van der Waals surface area contributed by atoms with Crippen LogP contribution >= 0.6 is 0 Å². The highest BCUT2D eigenvalue weighted by atomic mass is 16.5. The minimum Gasteiger partial charge on any atom is -0.507 e. The van der Waals surface area contributed by atoms with Crippen LogP contribution in [-0.2, 0) is 4.74 Å². The van der Waals surface area contributed by atoms with Gasteiger partial charge in [-0.05, 0) is 25.0 Å². The molecule has 0 saturated heterocycles. The highest BCUT2D eigenvalue weighted by Crippen LogP contribution is 2.40. The molecule has 0 radical (unpaired) electrons. The zero-order valence-electron chi connectivity index (χ0n) is 10.2. The Labute approximate surface area is 103 Å². The molecule has 0 aliphatic heterocycles. The average molecular weight is 248 g/mol. The van der Waals surface area contributed by atoms with Crippen molar-refractivity contribution in [2.45, 2.75) is 13.8 Å². The molecule has 0 aromatic heterocycles. The average Bonchev–Trinajstić information content (AvgIpc) is 2.35. The largest absolute Gasteiger partial charge is 0.507 e. The van der Waals surface area contributed by atoms with Crippen LogP contribution in [0.5, 0.6) is 11.5 Å². The molecule has 2 rings (SSSR count). The molecule has 5 nitrogen and oxygen atoms in total. The van der Waals surface area contributed by atoms with Crippen LogP contribution in [0.2, 0.25) is 0 Å². The molecule has 0 fully saturated rings. The molecule has 18 heavy (non-hydrogen) atoms. The summed E-state index contributed by atoms with van der Waals surface area (Å²) in [4.78, 5) is 23.9. The van der Waals surface area contributed by atoms with Gasteiger partial charge in [0.05, 0.1) is 18.2 Å². The summed E-state index contributed by atoms with van der Waals surface area (Å²) in [5.74, 6) is -1.88. The Morgan fingerprint density at radius 2 is 1.50 bits per heavy atom. The van der Waals surface area contributed by atoms with Gasteiger partial charge in [0.2, 0.25) is 5.78 Å². The Balaban J connectivity index is 2.86. The Morgan fingerprint density at radius 3 is 2.00 bits per heavy atom. The van der Waals surface area contributed by atoms with Crippen LogP contribution in [0.1, 0.15) is 31.8 Å². The smallest absolute Gasteiger partial charge is 0.232 e. The van der Waals surface area contributed by atoms with Crippen molar-refractivity contribution < 1.29 is 24.5 Å². The molecule has 5 heteroatoms. The summed E-state index contributed by atoms with van der Waals surface area (Å²) in [6.45, 7) is 3.13. The van der Waals surface area contributed by atoms with E-state index in [-0.39, 0.29) is 28.4 Å². The molecule has 1 aromatic carbocycles. The van der Waals surface area contributed by atoms with Crippen molar-refractivity contribution >= 4 is 11.6 Å². The van der Waals surface area contributed by atoms with Gasteiger partial charge < -0.3 is 14.9 Å². The van der Waals surface area contributed by atoms with Crippen LogP contribution in [0, 0.1) is 13.8 Å². The zero-order valence-corrected chi connectivity index (χ0v) is 10.2. The number of benzene rings is 1. The summed E-state index contributed by atoms with van der Waals surface area (Å²) in [6.07, 6.45) is 1.01. The molecule has 0 atom stereocenters. The molecule has 1 aromatic rings. The quantitative estimate of drug-likeness (QED) is 0.738. The van der Waals surface area contributed by atoms with Crippen LogP contribution in [-0.4, -0.2) is 28.9 Å². The number of hydrogen-bond acceptors (Lipinski definition) is 5. The summed E-state index contributed by atoms with van der Waals surface area (Å²) >= 11 is 0. The number of fused-ring (bicyclic) bond motifs is 1. The predicted octanol–water partition coefficient (Wildman–Crippen LogP) is 1.62. The molecule has 1 aliphatic carbocycles. The van der Waals surface area contributed by atoms with Crippen LogP contribution in [0.4, 0.5) is 0 Å². The fraction of sp³-hybridized carbons (Fsp3) is 0.231. The third-order valence-corrected chi connectivity index (χ3v) is 3.18. The Hall–Kier alpha value is -2.30. The van der Waals surface area contributed by atoms with Crippen LogP contribution < -0.4 is 0 Å². The van der Waals surface area contributed by atoms with E-state index in [1.165, 1.54) is 7.11 Å². The van der Waals surface area contributed by atoms with E-state index in [9.17, 15) is 19.8 Å². The molecular weight excluding hydrogens is 236 g/mol. The number of Topliss-reactive ketones (excluding diaryl/α,β-unsaturated/α-hetero) is 1. The van der Waals surface area contributed by atoms with E-state index < -0.39 is 11.6 Å². The number of carbonyl (C=O) groups excluding carboxylic acids is 2. The number of ketones is 2. The summed E-state index contributed by atoms with van der Waals surface area (Å²) in [5.41, 5.74) is 0.382. The minimum absolute atomic E-state index is 0.148. The lowest BCUT2D eigenvalue weighted by atomic mass is 9.87. The van der Waals surface area contributed by atoms with Crippen LogP contribution in [0.25, 0.3) is 0 Å². The van der Waals surface area contributed by atoms with Gasteiger partial charge in [0, 0.05) is 6.08 Å². The highest BCUT2D eigenvalue weighted by Gasteiger charge is 2.34. The maximum absolute atomic E-state index is 12.0. The molecule has 1 aliphatic rings. The highest BCUT2D eigenvalue weighted by molar-refractivity contribution is 6.26. The lowest BCUT2D eigenvalue weighted by molar-refractivity contribution is 0.0911. The predicted molar refractivity (Wildman–Crippen MR) is 63.0 cm³/mol. The Bertz CT molecular complexity index is 611. The van der Waals surface area contributed by atoms with Gasteiger partial charge in [0.1, 0.15) is 11.5 Å². The van der Waals surface area contributed by atoms with Gasteiger partial charge in [-0.2, -0.15) is 0 Å². The fourth-order valence-corrected chi connectivity index (χ4v) is 1.96. The Morgan fingerprint density at radius 1 is 1.00 bits per heavy atom. The second-order valence-corrected chi connectivity index (χ2v) is 4.10. The summed E-state index contributed by atoms with van der Waals surface area (Å²) in [5, 5.41) is 19.9. The normalized spacial score (nSPS) is 14.3. The summed E-state index contributed by atoms with van der Waals surface area (Å²) in [7, 11) is 1.26. The second-order valence-electron chi connectivity index (χ2n) is 4.10. The zero-order chi connectivity index (χ0) is 13.6. The van der Waals surface area contributed by atoms with Gasteiger partial charge >= 0.3 is 0 Å². The van der Waals surface area contributed by atoms with Crippen molar-refractivity contribution in [1.29, 1.82) is 0 Å². The maximum atomic E-state index is 12.0. The molecule has 2 N–H and O–H groups in total. The topological polar surface area (TPSA) is 83.8 Å². The van der Waals surface area contributed by atoms with Gasteiger partial charge in [0.25, 0.3) is 0 Å². The first kappa shape index (κ1) is 12.2. The number of methoxy groups -OCH3 is 1. The molecule has 0 heterocycles.